The molecular weight excluding hydrogens is 220 g/mol. The van der Waals surface area contributed by atoms with Gasteiger partial charge in [-0.3, -0.25) is 4.79 Å². The van der Waals surface area contributed by atoms with Crippen LogP contribution in [0.2, 0.25) is 0 Å². The van der Waals surface area contributed by atoms with E-state index in [-0.39, 0.29) is 6.61 Å². The number of hydrogen-bond donors (Lipinski definition) is 3. The SMILES string of the molecule is NC1CNC(C(=O)OCc2ccccc2)C1O. The Morgan fingerprint density at radius 3 is 2.76 bits per heavy atom. The van der Waals surface area contributed by atoms with Gasteiger partial charge in [0.25, 0.3) is 0 Å². The van der Waals surface area contributed by atoms with Gasteiger partial charge in [0.15, 0.2) is 0 Å². The minimum absolute atomic E-state index is 0.208. The molecule has 1 aromatic rings. The van der Waals surface area contributed by atoms with Gasteiger partial charge < -0.3 is 20.9 Å². The highest BCUT2D eigenvalue weighted by atomic mass is 16.5. The summed E-state index contributed by atoms with van der Waals surface area (Å²) in [7, 11) is 0. The topological polar surface area (TPSA) is 84.6 Å². The lowest BCUT2D eigenvalue weighted by Crippen LogP contribution is -2.43. The van der Waals surface area contributed by atoms with E-state index >= 15 is 0 Å². The van der Waals surface area contributed by atoms with E-state index in [2.05, 4.69) is 5.32 Å². The van der Waals surface area contributed by atoms with Crippen molar-refractivity contribution in [1.82, 2.24) is 5.32 Å². The largest absolute Gasteiger partial charge is 0.460 e. The molecule has 0 radical (unpaired) electrons. The maximum Gasteiger partial charge on any atom is 0.326 e. The van der Waals surface area contributed by atoms with E-state index in [1.807, 2.05) is 30.3 Å². The maximum absolute atomic E-state index is 11.7. The van der Waals surface area contributed by atoms with Gasteiger partial charge in [0.1, 0.15) is 12.6 Å². The molecule has 0 aromatic heterocycles. The second kappa shape index (κ2) is 5.27. The molecule has 1 heterocycles. The van der Waals surface area contributed by atoms with Crippen molar-refractivity contribution in [2.75, 3.05) is 6.54 Å². The molecule has 5 heteroatoms. The monoisotopic (exact) mass is 236 g/mol. The zero-order valence-electron chi connectivity index (χ0n) is 9.37. The predicted octanol–water partition coefficient (Wildman–Crippen LogP) is -0.610. The Labute approximate surface area is 99.6 Å². The van der Waals surface area contributed by atoms with Crippen molar-refractivity contribution in [3.8, 4) is 0 Å². The number of carbonyl (C=O) groups excluding carboxylic acids is 1. The van der Waals surface area contributed by atoms with Gasteiger partial charge in [-0.2, -0.15) is 0 Å². The summed E-state index contributed by atoms with van der Waals surface area (Å²) in [6.07, 6.45) is -0.877. The van der Waals surface area contributed by atoms with Crippen LogP contribution in [0.25, 0.3) is 0 Å². The van der Waals surface area contributed by atoms with Crippen molar-refractivity contribution in [1.29, 1.82) is 0 Å². The second-order valence-corrected chi connectivity index (χ2v) is 4.13. The van der Waals surface area contributed by atoms with E-state index in [9.17, 15) is 9.90 Å². The summed E-state index contributed by atoms with van der Waals surface area (Å²) < 4.78 is 5.11. The number of aliphatic hydroxyl groups excluding tert-OH is 1. The van der Waals surface area contributed by atoms with Crippen LogP contribution in [-0.2, 0) is 16.1 Å². The molecule has 0 saturated carbocycles. The van der Waals surface area contributed by atoms with Gasteiger partial charge in [-0.1, -0.05) is 30.3 Å². The molecule has 92 valence electrons. The number of rotatable bonds is 3. The van der Waals surface area contributed by atoms with Crippen molar-refractivity contribution in [2.45, 2.75) is 24.8 Å². The molecule has 1 saturated heterocycles. The zero-order valence-corrected chi connectivity index (χ0v) is 9.37. The van der Waals surface area contributed by atoms with Gasteiger partial charge in [0, 0.05) is 12.6 Å². The molecule has 3 unspecified atom stereocenters. The number of esters is 1. The molecule has 3 atom stereocenters. The Kier molecular flexibility index (Phi) is 3.73. The van der Waals surface area contributed by atoms with Crippen LogP contribution in [0, 0.1) is 0 Å². The third-order valence-corrected chi connectivity index (χ3v) is 2.83. The van der Waals surface area contributed by atoms with E-state index < -0.39 is 24.2 Å². The van der Waals surface area contributed by atoms with Crippen LogP contribution >= 0.6 is 0 Å². The van der Waals surface area contributed by atoms with Gasteiger partial charge in [-0.25, -0.2) is 0 Å². The molecule has 1 aliphatic rings. The van der Waals surface area contributed by atoms with Gasteiger partial charge in [0.05, 0.1) is 6.10 Å². The molecule has 0 bridgehead atoms. The number of hydrogen-bond acceptors (Lipinski definition) is 5. The van der Waals surface area contributed by atoms with Gasteiger partial charge in [0.2, 0.25) is 0 Å². The number of nitrogens with one attached hydrogen (secondary N) is 1. The van der Waals surface area contributed by atoms with Crippen LogP contribution in [0.4, 0.5) is 0 Å². The van der Waals surface area contributed by atoms with E-state index in [0.29, 0.717) is 6.54 Å². The molecule has 17 heavy (non-hydrogen) atoms. The molecule has 0 spiro atoms. The summed E-state index contributed by atoms with van der Waals surface area (Å²) in [4.78, 5) is 11.7. The first-order valence-electron chi connectivity index (χ1n) is 5.56. The molecule has 1 aliphatic heterocycles. The Bertz CT molecular complexity index is 383. The number of ether oxygens (including phenoxy) is 1. The molecule has 4 N–H and O–H groups in total. The van der Waals surface area contributed by atoms with Gasteiger partial charge in [-0.05, 0) is 5.56 Å². The Morgan fingerprint density at radius 1 is 1.47 bits per heavy atom. The summed E-state index contributed by atoms with van der Waals surface area (Å²) in [6.45, 7) is 0.631. The van der Waals surface area contributed by atoms with Crippen LogP contribution in [0.15, 0.2) is 30.3 Å². The number of aliphatic hydroxyl groups is 1. The molecule has 1 aromatic carbocycles. The summed E-state index contributed by atoms with van der Waals surface area (Å²) in [5.74, 6) is -0.464. The standard InChI is InChI=1S/C12H16N2O3/c13-9-6-14-10(11(9)15)12(16)17-7-8-4-2-1-3-5-8/h1-5,9-11,14-15H,6-7,13H2. The average Bonchev–Trinajstić information content (AvgIpc) is 2.69. The lowest BCUT2D eigenvalue weighted by Gasteiger charge is -2.15. The van der Waals surface area contributed by atoms with Crippen molar-refractivity contribution in [2.24, 2.45) is 5.73 Å². The fourth-order valence-electron chi connectivity index (χ4n) is 1.79. The average molecular weight is 236 g/mol. The van der Waals surface area contributed by atoms with Gasteiger partial charge in [-0.15, -0.1) is 0 Å². The third-order valence-electron chi connectivity index (χ3n) is 2.83. The van der Waals surface area contributed by atoms with Crippen LogP contribution in [0.5, 0.6) is 0 Å². The lowest BCUT2D eigenvalue weighted by molar-refractivity contribution is -0.149. The first kappa shape index (κ1) is 12.0. The van der Waals surface area contributed by atoms with Crippen LogP contribution in [0.3, 0.4) is 0 Å². The van der Waals surface area contributed by atoms with E-state index in [1.54, 1.807) is 0 Å². The quantitative estimate of drug-likeness (QED) is 0.610. The predicted molar refractivity (Wildman–Crippen MR) is 62.0 cm³/mol. The fraction of sp³-hybridized carbons (Fsp3) is 0.417. The highest BCUT2D eigenvalue weighted by Gasteiger charge is 2.37. The molecule has 5 nitrogen and oxygen atoms in total. The van der Waals surface area contributed by atoms with Crippen LogP contribution < -0.4 is 11.1 Å². The van der Waals surface area contributed by atoms with Crippen LogP contribution in [-0.4, -0.2) is 35.8 Å². The van der Waals surface area contributed by atoms with Crippen molar-refractivity contribution in [3.05, 3.63) is 35.9 Å². The second-order valence-electron chi connectivity index (χ2n) is 4.13. The smallest absolute Gasteiger partial charge is 0.326 e. The van der Waals surface area contributed by atoms with Crippen LogP contribution in [0.1, 0.15) is 5.56 Å². The van der Waals surface area contributed by atoms with E-state index in [0.717, 1.165) is 5.56 Å². The van der Waals surface area contributed by atoms with Crippen molar-refractivity contribution < 1.29 is 14.6 Å². The normalized spacial score (nSPS) is 28.0. The molecule has 2 rings (SSSR count). The summed E-state index contributed by atoms with van der Waals surface area (Å²) in [6, 6.07) is 8.27. The molecular formula is C12H16N2O3. The minimum atomic E-state index is -0.877. The summed E-state index contributed by atoms with van der Waals surface area (Å²) >= 11 is 0. The van der Waals surface area contributed by atoms with Crippen molar-refractivity contribution in [3.63, 3.8) is 0 Å². The Morgan fingerprint density at radius 2 is 2.18 bits per heavy atom. The number of benzene rings is 1. The minimum Gasteiger partial charge on any atom is -0.460 e. The highest BCUT2D eigenvalue weighted by molar-refractivity contribution is 5.77. The first-order valence-corrected chi connectivity index (χ1v) is 5.56. The lowest BCUT2D eigenvalue weighted by atomic mass is 10.1. The summed E-state index contributed by atoms with van der Waals surface area (Å²) in [5.41, 5.74) is 6.51. The number of carbonyl (C=O) groups is 1. The Hall–Kier alpha value is -1.43. The highest BCUT2D eigenvalue weighted by Crippen LogP contribution is 2.09. The van der Waals surface area contributed by atoms with E-state index in [4.69, 9.17) is 10.5 Å². The van der Waals surface area contributed by atoms with Crippen molar-refractivity contribution >= 4 is 5.97 Å². The number of nitrogens with two attached hydrogens (primary N) is 1. The summed E-state index contributed by atoms with van der Waals surface area (Å²) in [5, 5.41) is 12.5. The van der Waals surface area contributed by atoms with Gasteiger partial charge >= 0.3 is 5.97 Å². The maximum atomic E-state index is 11.7. The molecule has 1 fully saturated rings. The zero-order chi connectivity index (χ0) is 12.3. The van der Waals surface area contributed by atoms with E-state index in [1.165, 1.54) is 0 Å². The fourth-order valence-corrected chi connectivity index (χ4v) is 1.79. The first-order chi connectivity index (χ1) is 8.18. The molecule has 0 aliphatic carbocycles. The third kappa shape index (κ3) is 2.82. The Balaban J connectivity index is 1.86. The molecule has 0 amide bonds.